The highest BCUT2D eigenvalue weighted by Gasteiger charge is 2.02. The van der Waals surface area contributed by atoms with Crippen molar-refractivity contribution < 1.29 is 9.13 Å². The van der Waals surface area contributed by atoms with Crippen LogP contribution in [0.15, 0.2) is 42.6 Å². The zero-order valence-electron chi connectivity index (χ0n) is 9.48. The lowest BCUT2D eigenvalue weighted by Crippen LogP contribution is -2.02. The van der Waals surface area contributed by atoms with Gasteiger partial charge in [0, 0.05) is 24.9 Å². The van der Waals surface area contributed by atoms with E-state index in [-0.39, 0.29) is 5.82 Å². The Morgan fingerprint density at radius 2 is 2.18 bits per heavy atom. The molecule has 2 rings (SSSR count). The van der Waals surface area contributed by atoms with Crippen molar-refractivity contribution in [2.75, 3.05) is 12.4 Å². The fourth-order valence-corrected chi connectivity index (χ4v) is 1.50. The summed E-state index contributed by atoms with van der Waals surface area (Å²) in [5, 5.41) is 2.98. The van der Waals surface area contributed by atoms with Crippen molar-refractivity contribution in [3.05, 3.63) is 54.0 Å². The van der Waals surface area contributed by atoms with Crippen LogP contribution >= 0.6 is 0 Å². The third kappa shape index (κ3) is 2.93. The van der Waals surface area contributed by atoms with Crippen LogP contribution < -0.4 is 10.1 Å². The number of anilines is 1. The Morgan fingerprint density at radius 3 is 2.94 bits per heavy atom. The summed E-state index contributed by atoms with van der Waals surface area (Å²) < 4.78 is 18.4. The molecule has 0 radical (unpaired) electrons. The predicted molar refractivity (Wildman–Crippen MR) is 64.5 cm³/mol. The molecular formula is C13H13FN2O. The summed E-state index contributed by atoms with van der Waals surface area (Å²) in [5.41, 5.74) is 0.930. The Labute approximate surface area is 99.3 Å². The average molecular weight is 232 g/mol. The Kier molecular flexibility index (Phi) is 3.55. The highest BCUT2D eigenvalue weighted by atomic mass is 19.1. The van der Waals surface area contributed by atoms with E-state index < -0.39 is 0 Å². The first-order valence-corrected chi connectivity index (χ1v) is 5.29. The Hall–Kier alpha value is -2.10. The SMILES string of the molecule is CNc1ncccc1COc1cccc(F)c1. The molecule has 1 N–H and O–H groups in total. The number of pyridine rings is 1. The van der Waals surface area contributed by atoms with Crippen molar-refractivity contribution in [1.29, 1.82) is 0 Å². The summed E-state index contributed by atoms with van der Waals surface area (Å²) in [6.07, 6.45) is 1.71. The van der Waals surface area contributed by atoms with Gasteiger partial charge in [0.25, 0.3) is 0 Å². The van der Waals surface area contributed by atoms with Gasteiger partial charge in [-0.1, -0.05) is 12.1 Å². The van der Waals surface area contributed by atoms with Crippen LogP contribution in [0, 0.1) is 5.82 Å². The van der Waals surface area contributed by atoms with Crippen molar-refractivity contribution in [2.45, 2.75) is 6.61 Å². The van der Waals surface area contributed by atoms with Gasteiger partial charge in [0.15, 0.2) is 0 Å². The molecule has 0 spiro atoms. The minimum atomic E-state index is -0.303. The molecule has 0 atom stereocenters. The quantitative estimate of drug-likeness (QED) is 0.880. The number of ether oxygens (including phenoxy) is 1. The second-order valence-electron chi connectivity index (χ2n) is 3.51. The number of benzene rings is 1. The van der Waals surface area contributed by atoms with Crippen LogP contribution in [0.3, 0.4) is 0 Å². The lowest BCUT2D eigenvalue weighted by molar-refractivity contribution is 0.305. The van der Waals surface area contributed by atoms with Crippen LogP contribution in [0.2, 0.25) is 0 Å². The van der Waals surface area contributed by atoms with Gasteiger partial charge in [-0.25, -0.2) is 9.37 Å². The van der Waals surface area contributed by atoms with E-state index in [1.807, 2.05) is 12.1 Å². The lowest BCUT2D eigenvalue weighted by atomic mass is 10.2. The number of hydrogen-bond donors (Lipinski definition) is 1. The molecule has 1 heterocycles. The number of hydrogen-bond acceptors (Lipinski definition) is 3. The molecule has 2 aromatic rings. The van der Waals surface area contributed by atoms with Gasteiger partial charge in [-0.05, 0) is 18.2 Å². The van der Waals surface area contributed by atoms with Crippen LogP contribution in [0.1, 0.15) is 5.56 Å². The first-order chi connectivity index (χ1) is 8.29. The third-order valence-electron chi connectivity index (χ3n) is 2.32. The van der Waals surface area contributed by atoms with Crippen LogP contribution in [-0.2, 0) is 6.61 Å². The van der Waals surface area contributed by atoms with E-state index in [1.165, 1.54) is 12.1 Å². The molecule has 1 aromatic heterocycles. The molecule has 0 saturated carbocycles. The molecule has 17 heavy (non-hydrogen) atoms. The zero-order valence-corrected chi connectivity index (χ0v) is 9.48. The fraction of sp³-hybridized carbons (Fsp3) is 0.154. The molecule has 0 bridgehead atoms. The molecule has 0 amide bonds. The Bertz CT molecular complexity index is 502. The zero-order chi connectivity index (χ0) is 12.1. The van der Waals surface area contributed by atoms with E-state index in [4.69, 9.17) is 4.74 Å². The maximum absolute atomic E-state index is 12.9. The average Bonchev–Trinajstić information content (AvgIpc) is 2.37. The molecule has 0 fully saturated rings. The topological polar surface area (TPSA) is 34.2 Å². The Balaban J connectivity index is 2.07. The molecule has 4 heteroatoms. The molecule has 0 aliphatic rings. The summed E-state index contributed by atoms with van der Waals surface area (Å²) in [4.78, 5) is 4.16. The van der Waals surface area contributed by atoms with E-state index in [0.717, 1.165) is 11.4 Å². The second-order valence-corrected chi connectivity index (χ2v) is 3.51. The number of rotatable bonds is 4. The van der Waals surface area contributed by atoms with E-state index >= 15 is 0 Å². The molecule has 1 aromatic carbocycles. The van der Waals surface area contributed by atoms with E-state index in [9.17, 15) is 4.39 Å². The molecule has 3 nitrogen and oxygen atoms in total. The first-order valence-electron chi connectivity index (χ1n) is 5.29. The second kappa shape index (κ2) is 5.30. The minimum absolute atomic E-state index is 0.303. The van der Waals surface area contributed by atoms with Gasteiger partial charge in [0.2, 0.25) is 0 Å². The summed E-state index contributed by atoms with van der Waals surface area (Å²) in [6, 6.07) is 9.83. The molecule has 0 saturated heterocycles. The largest absolute Gasteiger partial charge is 0.489 e. The molecule has 0 aliphatic carbocycles. The van der Waals surface area contributed by atoms with Crippen molar-refractivity contribution >= 4 is 5.82 Å². The minimum Gasteiger partial charge on any atom is -0.489 e. The van der Waals surface area contributed by atoms with Gasteiger partial charge < -0.3 is 10.1 Å². The number of nitrogens with one attached hydrogen (secondary N) is 1. The highest BCUT2D eigenvalue weighted by Crippen LogP contribution is 2.16. The maximum Gasteiger partial charge on any atom is 0.132 e. The van der Waals surface area contributed by atoms with Crippen LogP contribution in [-0.4, -0.2) is 12.0 Å². The van der Waals surface area contributed by atoms with E-state index in [1.54, 1.807) is 25.4 Å². The maximum atomic E-state index is 12.9. The summed E-state index contributed by atoms with van der Waals surface area (Å²) in [5.74, 6) is 0.974. The van der Waals surface area contributed by atoms with Crippen molar-refractivity contribution in [1.82, 2.24) is 4.98 Å². The normalized spacial score (nSPS) is 10.0. The first kappa shape index (κ1) is 11.4. The summed E-state index contributed by atoms with van der Waals surface area (Å²) in [7, 11) is 1.80. The van der Waals surface area contributed by atoms with Crippen molar-refractivity contribution in [2.24, 2.45) is 0 Å². The molecule has 88 valence electrons. The summed E-state index contributed by atoms with van der Waals surface area (Å²) in [6.45, 7) is 0.355. The van der Waals surface area contributed by atoms with Crippen LogP contribution in [0.25, 0.3) is 0 Å². The molecule has 0 aliphatic heterocycles. The van der Waals surface area contributed by atoms with Crippen molar-refractivity contribution in [3.8, 4) is 5.75 Å². The number of aromatic nitrogens is 1. The van der Waals surface area contributed by atoms with Gasteiger partial charge >= 0.3 is 0 Å². The molecular weight excluding hydrogens is 219 g/mol. The summed E-state index contributed by atoms with van der Waals surface area (Å²) >= 11 is 0. The predicted octanol–water partition coefficient (Wildman–Crippen LogP) is 2.84. The van der Waals surface area contributed by atoms with Gasteiger partial charge in [-0.15, -0.1) is 0 Å². The molecule has 0 unspecified atom stereocenters. The van der Waals surface area contributed by atoms with Crippen molar-refractivity contribution in [3.63, 3.8) is 0 Å². The third-order valence-corrected chi connectivity index (χ3v) is 2.32. The van der Waals surface area contributed by atoms with Gasteiger partial charge in [0.1, 0.15) is 24.0 Å². The van der Waals surface area contributed by atoms with Gasteiger partial charge in [0.05, 0.1) is 0 Å². The van der Waals surface area contributed by atoms with E-state index in [0.29, 0.717) is 12.4 Å². The van der Waals surface area contributed by atoms with Crippen LogP contribution in [0.4, 0.5) is 10.2 Å². The van der Waals surface area contributed by atoms with E-state index in [2.05, 4.69) is 10.3 Å². The lowest BCUT2D eigenvalue weighted by Gasteiger charge is -2.09. The highest BCUT2D eigenvalue weighted by molar-refractivity contribution is 5.42. The number of halogens is 1. The van der Waals surface area contributed by atoms with Crippen LogP contribution in [0.5, 0.6) is 5.75 Å². The Morgan fingerprint density at radius 1 is 1.29 bits per heavy atom. The smallest absolute Gasteiger partial charge is 0.132 e. The monoisotopic (exact) mass is 232 g/mol. The standard InChI is InChI=1S/C13H13FN2O/c1-15-13-10(4-3-7-16-13)9-17-12-6-2-5-11(14)8-12/h2-8H,9H2,1H3,(H,15,16). The van der Waals surface area contributed by atoms with Gasteiger partial charge in [-0.3, -0.25) is 0 Å². The number of nitrogens with zero attached hydrogens (tertiary/aromatic N) is 1. The fourth-order valence-electron chi connectivity index (χ4n) is 1.50. The van der Waals surface area contributed by atoms with Gasteiger partial charge in [-0.2, -0.15) is 0 Å².